The molecule has 1 saturated heterocycles. The van der Waals surface area contributed by atoms with Crippen LogP contribution in [0, 0.1) is 11.8 Å². The minimum absolute atomic E-state index is 0.0778. The number of carbonyl (C=O) groups is 1. The van der Waals surface area contributed by atoms with Gasteiger partial charge in [0.1, 0.15) is 6.10 Å². The summed E-state index contributed by atoms with van der Waals surface area (Å²) in [5, 5.41) is 0. The third-order valence-electron chi connectivity index (χ3n) is 2.66. The molecule has 0 radical (unpaired) electrons. The molecule has 0 aromatic rings. The number of ether oxygens (including phenoxy) is 1. The smallest absolute Gasteiger partial charge is 0.165 e. The molecule has 1 fully saturated rings. The molecule has 1 aliphatic heterocycles. The summed E-state index contributed by atoms with van der Waals surface area (Å²) in [5.41, 5.74) is 0. The van der Waals surface area contributed by atoms with Crippen LogP contribution < -0.4 is 0 Å². The predicted molar refractivity (Wildman–Crippen MR) is 60.9 cm³/mol. The van der Waals surface area contributed by atoms with E-state index in [4.69, 9.17) is 4.74 Å². The third-order valence-corrected chi connectivity index (χ3v) is 2.66. The van der Waals surface area contributed by atoms with Crippen LogP contribution in [-0.2, 0) is 9.53 Å². The molecule has 3 heteroatoms. The minimum Gasteiger partial charge on any atom is -0.368 e. The van der Waals surface area contributed by atoms with Crippen molar-refractivity contribution in [1.82, 2.24) is 4.90 Å². The lowest BCUT2D eigenvalue weighted by Gasteiger charge is -2.33. The van der Waals surface area contributed by atoms with E-state index in [1.165, 1.54) is 0 Å². The number of hydrogen-bond acceptors (Lipinski definition) is 3. The van der Waals surface area contributed by atoms with Crippen molar-refractivity contribution >= 4 is 5.78 Å². The van der Waals surface area contributed by atoms with Gasteiger partial charge in [0.05, 0.1) is 6.61 Å². The molecule has 0 spiro atoms. The monoisotopic (exact) mass is 213 g/mol. The van der Waals surface area contributed by atoms with Gasteiger partial charge in [-0.3, -0.25) is 9.69 Å². The number of rotatable bonds is 4. The highest BCUT2D eigenvalue weighted by Gasteiger charge is 2.27. The summed E-state index contributed by atoms with van der Waals surface area (Å²) in [7, 11) is 0. The lowest BCUT2D eigenvalue weighted by Crippen LogP contribution is -2.48. The van der Waals surface area contributed by atoms with Crippen molar-refractivity contribution in [2.45, 2.75) is 33.8 Å². The lowest BCUT2D eigenvalue weighted by atomic mass is 10.0. The quantitative estimate of drug-likeness (QED) is 0.710. The molecular weight excluding hydrogens is 190 g/mol. The molecule has 0 bridgehead atoms. The van der Waals surface area contributed by atoms with Crippen molar-refractivity contribution in [2.75, 3.05) is 26.2 Å². The SMILES string of the molecule is CC(C)CN1CCOC(C(=O)C(C)C)C1. The van der Waals surface area contributed by atoms with Crippen LogP contribution in [0.3, 0.4) is 0 Å². The zero-order valence-electron chi connectivity index (χ0n) is 10.3. The second-order valence-corrected chi connectivity index (χ2v) is 5.07. The van der Waals surface area contributed by atoms with Crippen molar-refractivity contribution in [2.24, 2.45) is 11.8 Å². The number of Topliss-reactive ketones (excluding diaryl/α,β-unsaturated/α-hetero) is 1. The molecule has 1 atom stereocenters. The number of hydrogen-bond donors (Lipinski definition) is 0. The van der Waals surface area contributed by atoms with E-state index in [1.807, 2.05) is 13.8 Å². The van der Waals surface area contributed by atoms with Crippen LogP contribution in [0.2, 0.25) is 0 Å². The number of carbonyl (C=O) groups excluding carboxylic acids is 1. The van der Waals surface area contributed by atoms with Crippen molar-refractivity contribution in [3.63, 3.8) is 0 Å². The Hall–Kier alpha value is -0.410. The van der Waals surface area contributed by atoms with Crippen LogP contribution in [0.15, 0.2) is 0 Å². The fourth-order valence-electron chi connectivity index (χ4n) is 1.93. The first kappa shape index (κ1) is 12.7. The van der Waals surface area contributed by atoms with Crippen LogP contribution in [0.1, 0.15) is 27.7 Å². The molecule has 3 nitrogen and oxygen atoms in total. The van der Waals surface area contributed by atoms with Gasteiger partial charge in [-0.15, -0.1) is 0 Å². The number of nitrogens with zero attached hydrogens (tertiary/aromatic N) is 1. The van der Waals surface area contributed by atoms with Gasteiger partial charge in [0.25, 0.3) is 0 Å². The Bertz CT molecular complexity index is 214. The maximum atomic E-state index is 11.8. The molecular formula is C12H23NO2. The average Bonchev–Trinajstić information content (AvgIpc) is 2.16. The van der Waals surface area contributed by atoms with Crippen molar-refractivity contribution in [3.05, 3.63) is 0 Å². The summed E-state index contributed by atoms with van der Waals surface area (Å²) in [6.07, 6.45) is -0.197. The molecule has 0 amide bonds. The standard InChI is InChI=1S/C12H23NO2/c1-9(2)7-13-5-6-15-11(8-13)12(14)10(3)4/h9-11H,5-8H2,1-4H3. The van der Waals surface area contributed by atoms with Crippen LogP contribution in [0.5, 0.6) is 0 Å². The molecule has 0 N–H and O–H groups in total. The van der Waals surface area contributed by atoms with Gasteiger partial charge in [-0.2, -0.15) is 0 Å². The molecule has 1 heterocycles. The van der Waals surface area contributed by atoms with E-state index in [0.29, 0.717) is 12.5 Å². The zero-order chi connectivity index (χ0) is 11.4. The van der Waals surface area contributed by atoms with E-state index in [1.54, 1.807) is 0 Å². The topological polar surface area (TPSA) is 29.5 Å². The normalized spacial score (nSPS) is 23.7. The predicted octanol–water partition coefficient (Wildman–Crippen LogP) is 1.57. The van der Waals surface area contributed by atoms with E-state index in [2.05, 4.69) is 18.7 Å². The summed E-state index contributed by atoms with van der Waals surface area (Å²) in [5.74, 6) is 0.968. The van der Waals surface area contributed by atoms with Gasteiger partial charge < -0.3 is 4.74 Å². The van der Waals surface area contributed by atoms with Crippen molar-refractivity contribution in [1.29, 1.82) is 0 Å². The lowest BCUT2D eigenvalue weighted by molar-refractivity contribution is -0.139. The molecule has 0 aliphatic carbocycles. The Balaban J connectivity index is 2.45. The Morgan fingerprint density at radius 2 is 2.07 bits per heavy atom. The Kier molecular flexibility index (Phi) is 4.74. The zero-order valence-corrected chi connectivity index (χ0v) is 10.3. The van der Waals surface area contributed by atoms with Gasteiger partial charge in [-0.05, 0) is 5.92 Å². The summed E-state index contributed by atoms with van der Waals surface area (Å²) >= 11 is 0. The second kappa shape index (κ2) is 5.61. The molecule has 1 aliphatic rings. The molecule has 0 aromatic carbocycles. The van der Waals surface area contributed by atoms with Crippen molar-refractivity contribution < 1.29 is 9.53 Å². The maximum absolute atomic E-state index is 11.8. The van der Waals surface area contributed by atoms with E-state index in [-0.39, 0.29) is 17.8 Å². The average molecular weight is 213 g/mol. The molecule has 88 valence electrons. The van der Waals surface area contributed by atoms with Gasteiger partial charge in [0.2, 0.25) is 0 Å². The highest BCUT2D eigenvalue weighted by atomic mass is 16.5. The van der Waals surface area contributed by atoms with E-state index in [9.17, 15) is 4.79 Å². The summed E-state index contributed by atoms with van der Waals surface area (Å²) < 4.78 is 5.52. The van der Waals surface area contributed by atoms with Crippen LogP contribution in [0.4, 0.5) is 0 Å². The first-order valence-electron chi connectivity index (χ1n) is 5.88. The van der Waals surface area contributed by atoms with Gasteiger partial charge >= 0.3 is 0 Å². The first-order valence-corrected chi connectivity index (χ1v) is 5.88. The van der Waals surface area contributed by atoms with Gasteiger partial charge in [-0.1, -0.05) is 27.7 Å². The molecule has 1 unspecified atom stereocenters. The third kappa shape index (κ3) is 3.92. The fraction of sp³-hybridized carbons (Fsp3) is 0.917. The summed E-state index contributed by atoms with van der Waals surface area (Å²) in [6.45, 7) is 11.8. The van der Waals surface area contributed by atoms with Crippen molar-refractivity contribution in [3.8, 4) is 0 Å². The number of ketones is 1. The molecule has 1 rings (SSSR count). The van der Waals surface area contributed by atoms with Gasteiger partial charge in [-0.25, -0.2) is 0 Å². The van der Waals surface area contributed by atoms with Crippen LogP contribution >= 0.6 is 0 Å². The molecule has 0 saturated carbocycles. The van der Waals surface area contributed by atoms with Crippen LogP contribution in [-0.4, -0.2) is 43.0 Å². The van der Waals surface area contributed by atoms with Crippen LogP contribution in [0.25, 0.3) is 0 Å². The second-order valence-electron chi connectivity index (χ2n) is 5.07. The highest BCUT2D eigenvalue weighted by molar-refractivity contribution is 5.85. The Labute approximate surface area is 92.8 Å². The van der Waals surface area contributed by atoms with E-state index >= 15 is 0 Å². The molecule has 0 aromatic heterocycles. The maximum Gasteiger partial charge on any atom is 0.165 e. The van der Waals surface area contributed by atoms with E-state index in [0.717, 1.165) is 19.6 Å². The Morgan fingerprint density at radius 3 is 2.60 bits per heavy atom. The number of morpholine rings is 1. The van der Waals surface area contributed by atoms with E-state index < -0.39 is 0 Å². The Morgan fingerprint density at radius 1 is 1.40 bits per heavy atom. The minimum atomic E-state index is -0.197. The first-order chi connectivity index (χ1) is 7.00. The highest BCUT2D eigenvalue weighted by Crippen LogP contribution is 2.12. The van der Waals surface area contributed by atoms with Gasteiger partial charge in [0, 0.05) is 25.6 Å². The molecule has 15 heavy (non-hydrogen) atoms. The fourth-order valence-corrected chi connectivity index (χ4v) is 1.93. The summed E-state index contributed by atoms with van der Waals surface area (Å²) in [4.78, 5) is 14.1. The largest absolute Gasteiger partial charge is 0.368 e. The summed E-state index contributed by atoms with van der Waals surface area (Å²) in [6, 6.07) is 0. The van der Waals surface area contributed by atoms with Gasteiger partial charge in [0.15, 0.2) is 5.78 Å².